The highest BCUT2D eigenvalue weighted by atomic mass is 16.5. The molecule has 0 saturated heterocycles. The predicted octanol–water partition coefficient (Wildman–Crippen LogP) is 4.76. The molecule has 24 heavy (non-hydrogen) atoms. The Morgan fingerprint density at radius 1 is 1.21 bits per heavy atom. The molecule has 128 valence electrons. The Bertz CT molecular complexity index is 724. The van der Waals surface area contributed by atoms with Crippen LogP contribution in [0.4, 0.5) is 5.69 Å². The van der Waals surface area contributed by atoms with Gasteiger partial charge in [-0.05, 0) is 68.7 Å². The molecular weight excluding hydrogens is 300 g/mol. The molecule has 1 unspecified atom stereocenters. The van der Waals surface area contributed by atoms with E-state index in [9.17, 15) is 5.11 Å². The molecular formula is C20H26N2O2. The van der Waals surface area contributed by atoms with Crippen LogP contribution in [-0.2, 0) is 0 Å². The van der Waals surface area contributed by atoms with Gasteiger partial charge in [-0.15, -0.1) is 0 Å². The fourth-order valence-electron chi connectivity index (χ4n) is 2.23. The lowest BCUT2D eigenvalue weighted by atomic mass is 10.1. The molecule has 0 aliphatic carbocycles. The monoisotopic (exact) mass is 326 g/mol. The Balaban J connectivity index is 2.24. The normalized spacial score (nSPS) is 12.4. The lowest BCUT2D eigenvalue weighted by molar-refractivity contribution is 0.199. The van der Waals surface area contributed by atoms with Crippen LogP contribution in [0, 0.1) is 13.8 Å². The lowest BCUT2D eigenvalue weighted by Crippen LogP contribution is -2.14. The second-order valence-corrected chi connectivity index (χ2v) is 6.07. The minimum Gasteiger partial charge on any atom is -0.457 e. The van der Waals surface area contributed by atoms with Crippen molar-refractivity contribution < 1.29 is 9.84 Å². The number of aliphatic hydroxyl groups is 1. The molecule has 2 aromatic carbocycles. The van der Waals surface area contributed by atoms with Gasteiger partial charge in [0, 0.05) is 13.6 Å². The van der Waals surface area contributed by atoms with Gasteiger partial charge in [0.15, 0.2) is 0 Å². The zero-order valence-electron chi connectivity index (χ0n) is 15.1. The molecule has 0 bridgehead atoms. The van der Waals surface area contributed by atoms with E-state index in [1.165, 1.54) is 0 Å². The van der Waals surface area contributed by atoms with Crippen LogP contribution in [0.25, 0.3) is 0 Å². The number of nitrogens with zero attached hydrogens (tertiary/aromatic N) is 2. The molecule has 1 atom stereocenters. The van der Waals surface area contributed by atoms with Crippen LogP contribution in [0.1, 0.15) is 36.6 Å². The Kier molecular flexibility index (Phi) is 5.99. The topological polar surface area (TPSA) is 45.1 Å². The number of aliphatic hydroxyl groups excluding tert-OH is 1. The van der Waals surface area contributed by atoms with Gasteiger partial charge in [0.05, 0.1) is 18.1 Å². The quantitative estimate of drug-likeness (QED) is 0.615. The molecule has 4 nitrogen and oxygen atoms in total. The number of hydrogen-bond acceptors (Lipinski definition) is 3. The third-order valence-electron chi connectivity index (χ3n) is 3.95. The molecule has 0 fully saturated rings. The average molecular weight is 326 g/mol. The number of aryl methyl sites for hydroxylation is 2. The van der Waals surface area contributed by atoms with E-state index >= 15 is 0 Å². The SMILES string of the molecule is CCN(C)C=Nc1cc(C)c(Oc2cccc(C(C)O)c2)cc1C. The first-order valence-electron chi connectivity index (χ1n) is 8.22. The van der Waals surface area contributed by atoms with Crippen molar-refractivity contribution in [2.45, 2.75) is 33.8 Å². The van der Waals surface area contributed by atoms with Crippen molar-refractivity contribution in [2.24, 2.45) is 4.99 Å². The van der Waals surface area contributed by atoms with E-state index in [-0.39, 0.29) is 0 Å². The van der Waals surface area contributed by atoms with E-state index in [1.807, 2.05) is 68.5 Å². The first kappa shape index (κ1) is 18.0. The predicted molar refractivity (Wildman–Crippen MR) is 99.5 cm³/mol. The summed E-state index contributed by atoms with van der Waals surface area (Å²) in [5.74, 6) is 1.52. The summed E-state index contributed by atoms with van der Waals surface area (Å²) in [6.07, 6.45) is 1.33. The van der Waals surface area contributed by atoms with E-state index in [1.54, 1.807) is 6.92 Å². The van der Waals surface area contributed by atoms with E-state index in [2.05, 4.69) is 11.9 Å². The van der Waals surface area contributed by atoms with Crippen molar-refractivity contribution in [2.75, 3.05) is 13.6 Å². The van der Waals surface area contributed by atoms with E-state index in [4.69, 9.17) is 4.74 Å². The molecule has 0 amide bonds. The molecule has 0 saturated carbocycles. The second-order valence-electron chi connectivity index (χ2n) is 6.07. The van der Waals surface area contributed by atoms with Crippen molar-refractivity contribution in [3.05, 3.63) is 53.1 Å². The highest BCUT2D eigenvalue weighted by Crippen LogP contribution is 2.32. The summed E-state index contributed by atoms with van der Waals surface area (Å²) in [4.78, 5) is 6.56. The molecule has 1 N–H and O–H groups in total. The minimum absolute atomic E-state index is 0.511. The third-order valence-corrected chi connectivity index (χ3v) is 3.95. The van der Waals surface area contributed by atoms with Crippen molar-refractivity contribution >= 4 is 12.0 Å². The van der Waals surface area contributed by atoms with E-state index < -0.39 is 6.10 Å². The summed E-state index contributed by atoms with van der Waals surface area (Å²) in [6, 6.07) is 11.6. The minimum atomic E-state index is -0.511. The van der Waals surface area contributed by atoms with Crippen LogP contribution in [0.3, 0.4) is 0 Å². The summed E-state index contributed by atoms with van der Waals surface area (Å²) >= 11 is 0. The van der Waals surface area contributed by atoms with E-state index in [0.29, 0.717) is 0 Å². The lowest BCUT2D eigenvalue weighted by Gasteiger charge is -2.14. The highest BCUT2D eigenvalue weighted by molar-refractivity contribution is 5.64. The van der Waals surface area contributed by atoms with Crippen LogP contribution in [0.2, 0.25) is 0 Å². The van der Waals surface area contributed by atoms with Crippen molar-refractivity contribution in [1.29, 1.82) is 0 Å². The number of aliphatic imine (C=N–C) groups is 1. The molecule has 0 heterocycles. The van der Waals surface area contributed by atoms with Gasteiger partial charge in [-0.3, -0.25) is 0 Å². The van der Waals surface area contributed by atoms with Crippen LogP contribution in [0.15, 0.2) is 41.4 Å². The maximum atomic E-state index is 9.70. The molecule has 0 aliphatic heterocycles. The summed E-state index contributed by atoms with van der Waals surface area (Å²) in [7, 11) is 2.00. The number of hydrogen-bond donors (Lipinski definition) is 1. The summed E-state index contributed by atoms with van der Waals surface area (Å²) in [6.45, 7) is 8.78. The zero-order valence-corrected chi connectivity index (χ0v) is 15.1. The van der Waals surface area contributed by atoms with Gasteiger partial charge in [0.2, 0.25) is 0 Å². The maximum Gasteiger partial charge on any atom is 0.130 e. The Labute approximate surface area is 144 Å². The average Bonchev–Trinajstić information content (AvgIpc) is 2.56. The standard InChI is InChI=1S/C20H26N2O2/c1-6-22(5)13-21-19-10-15(3)20(11-14(19)2)24-18-9-7-8-17(12-18)16(4)23/h7-13,16,23H,6H2,1-5H3. The largest absolute Gasteiger partial charge is 0.457 e. The number of rotatable bonds is 6. The summed E-state index contributed by atoms with van der Waals surface area (Å²) in [5.41, 5.74) is 3.86. The molecule has 0 spiro atoms. The first-order chi connectivity index (χ1) is 11.4. The van der Waals surface area contributed by atoms with Crippen molar-refractivity contribution in [3.8, 4) is 11.5 Å². The molecule has 0 aliphatic rings. The van der Waals surface area contributed by atoms with Crippen LogP contribution >= 0.6 is 0 Å². The Hall–Kier alpha value is -2.33. The summed E-state index contributed by atoms with van der Waals surface area (Å²) < 4.78 is 6.01. The molecule has 2 aromatic rings. The number of ether oxygens (including phenoxy) is 1. The first-order valence-corrected chi connectivity index (χ1v) is 8.22. The Morgan fingerprint density at radius 2 is 1.96 bits per heavy atom. The number of benzene rings is 2. The van der Waals surface area contributed by atoms with Gasteiger partial charge >= 0.3 is 0 Å². The fraction of sp³-hybridized carbons (Fsp3) is 0.350. The van der Waals surface area contributed by atoms with Gasteiger partial charge in [0.25, 0.3) is 0 Å². The van der Waals surface area contributed by atoms with Gasteiger partial charge in [-0.2, -0.15) is 0 Å². The van der Waals surface area contributed by atoms with Gasteiger partial charge in [-0.25, -0.2) is 4.99 Å². The molecule has 0 radical (unpaired) electrons. The zero-order chi connectivity index (χ0) is 17.7. The van der Waals surface area contributed by atoms with E-state index in [0.717, 1.165) is 40.4 Å². The van der Waals surface area contributed by atoms with Gasteiger partial charge in [-0.1, -0.05) is 12.1 Å². The van der Waals surface area contributed by atoms with Crippen LogP contribution in [-0.4, -0.2) is 29.9 Å². The van der Waals surface area contributed by atoms with Crippen LogP contribution < -0.4 is 4.74 Å². The third kappa shape index (κ3) is 4.59. The van der Waals surface area contributed by atoms with Crippen LogP contribution in [0.5, 0.6) is 11.5 Å². The van der Waals surface area contributed by atoms with Crippen molar-refractivity contribution in [1.82, 2.24) is 4.90 Å². The second kappa shape index (κ2) is 7.97. The molecule has 4 heteroatoms. The molecule has 2 rings (SSSR count). The summed E-state index contributed by atoms with van der Waals surface area (Å²) in [5, 5.41) is 9.70. The van der Waals surface area contributed by atoms with Crippen molar-refractivity contribution in [3.63, 3.8) is 0 Å². The highest BCUT2D eigenvalue weighted by Gasteiger charge is 2.08. The van der Waals surface area contributed by atoms with Gasteiger partial charge < -0.3 is 14.7 Å². The maximum absolute atomic E-state index is 9.70. The smallest absolute Gasteiger partial charge is 0.130 e. The fourth-order valence-corrected chi connectivity index (χ4v) is 2.23. The molecule has 0 aromatic heterocycles. The Morgan fingerprint density at radius 3 is 2.62 bits per heavy atom. The van der Waals surface area contributed by atoms with Gasteiger partial charge in [0.1, 0.15) is 11.5 Å².